The monoisotopic (exact) mass is 420 g/mol. The van der Waals surface area contributed by atoms with Crippen molar-refractivity contribution in [1.29, 1.82) is 0 Å². The van der Waals surface area contributed by atoms with Crippen molar-refractivity contribution in [3.63, 3.8) is 0 Å². The molecule has 31 heavy (non-hydrogen) atoms. The van der Waals surface area contributed by atoms with Gasteiger partial charge >= 0.3 is 0 Å². The fourth-order valence-corrected chi connectivity index (χ4v) is 5.21. The second-order valence-corrected chi connectivity index (χ2v) is 8.97. The zero-order valence-corrected chi connectivity index (χ0v) is 18.5. The highest BCUT2D eigenvalue weighted by atomic mass is 32.2. The van der Waals surface area contributed by atoms with Crippen LogP contribution in [0, 0.1) is 6.92 Å². The highest BCUT2D eigenvalue weighted by Crippen LogP contribution is 2.51. The van der Waals surface area contributed by atoms with Crippen LogP contribution in [-0.2, 0) is 5.54 Å². The Morgan fingerprint density at radius 1 is 0.710 bits per heavy atom. The molecule has 0 saturated heterocycles. The summed E-state index contributed by atoms with van der Waals surface area (Å²) in [7, 11) is 0. The highest BCUT2D eigenvalue weighted by Gasteiger charge is 2.47. The quantitative estimate of drug-likeness (QED) is 0.317. The lowest BCUT2D eigenvalue weighted by Gasteiger charge is -2.36. The molecule has 0 radical (unpaired) electrons. The van der Waals surface area contributed by atoms with Crippen LogP contribution >= 0.6 is 11.9 Å². The van der Waals surface area contributed by atoms with Crippen molar-refractivity contribution in [3.8, 4) is 0 Å². The van der Waals surface area contributed by atoms with E-state index >= 15 is 0 Å². The van der Waals surface area contributed by atoms with Gasteiger partial charge in [0.1, 0.15) is 5.54 Å². The van der Waals surface area contributed by atoms with E-state index in [2.05, 4.69) is 109 Å². The van der Waals surface area contributed by atoms with Crippen molar-refractivity contribution in [1.82, 2.24) is 0 Å². The maximum Gasteiger partial charge on any atom is 0.116 e. The molecule has 152 valence electrons. The van der Waals surface area contributed by atoms with E-state index in [1.54, 1.807) is 11.9 Å². The minimum absolute atomic E-state index is 0.420. The van der Waals surface area contributed by atoms with Crippen LogP contribution in [0.15, 0.2) is 119 Å². The van der Waals surface area contributed by atoms with Crippen molar-refractivity contribution in [2.75, 3.05) is 4.31 Å². The van der Waals surface area contributed by atoms with Crippen LogP contribution in [0.5, 0.6) is 0 Å². The number of rotatable bonds is 4. The van der Waals surface area contributed by atoms with Crippen LogP contribution in [0.2, 0.25) is 0 Å². The normalized spacial score (nSPS) is 18.9. The Hall–Kier alpha value is -3.30. The van der Waals surface area contributed by atoms with E-state index in [0.29, 0.717) is 0 Å². The van der Waals surface area contributed by atoms with Gasteiger partial charge < -0.3 is 0 Å². The lowest BCUT2D eigenvalue weighted by Crippen LogP contribution is -2.41. The first kappa shape index (κ1) is 19.7. The molecule has 0 fully saturated rings. The highest BCUT2D eigenvalue weighted by molar-refractivity contribution is 8.00. The number of hydrogen-bond donors (Lipinski definition) is 0. The minimum atomic E-state index is -0.420. The number of aliphatic imine (C=N–C) groups is 1. The number of fused-ring (bicyclic) bond motifs is 1. The molecule has 2 nitrogen and oxygen atoms in total. The molecule has 4 aromatic rings. The topological polar surface area (TPSA) is 15.6 Å². The largest absolute Gasteiger partial charge is 0.295 e. The smallest absolute Gasteiger partial charge is 0.116 e. The number of para-hydroxylation sites is 2. The van der Waals surface area contributed by atoms with Crippen LogP contribution in [0.1, 0.15) is 23.6 Å². The second-order valence-electron chi connectivity index (χ2n) is 7.95. The molecule has 1 aliphatic heterocycles. The number of anilines is 1. The molecule has 0 spiro atoms. The van der Waals surface area contributed by atoms with Gasteiger partial charge in [-0.3, -0.25) is 4.31 Å². The van der Waals surface area contributed by atoms with E-state index in [0.717, 1.165) is 11.4 Å². The Kier molecular flexibility index (Phi) is 5.13. The number of nitrogens with zero attached hydrogens (tertiary/aromatic N) is 2. The van der Waals surface area contributed by atoms with Gasteiger partial charge in [-0.15, -0.1) is 0 Å². The fraction of sp³-hybridized carbons (Fsp3) is 0.107. The average molecular weight is 421 g/mol. The van der Waals surface area contributed by atoms with E-state index in [4.69, 9.17) is 4.99 Å². The lowest BCUT2D eigenvalue weighted by molar-refractivity contribution is 0.704. The Bertz CT molecular complexity index is 1220. The van der Waals surface area contributed by atoms with Gasteiger partial charge in [-0.1, -0.05) is 84.4 Å². The van der Waals surface area contributed by atoms with Crippen LogP contribution in [0.3, 0.4) is 0 Å². The molecule has 0 saturated carbocycles. The van der Waals surface area contributed by atoms with Gasteiger partial charge in [-0.05, 0) is 61.7 Å². The summed E-state index contributed by atoms with van der Waals surface area (Å²) < 4.78 is 2.42. The predicted molar refractivity (Wildman–Crippen MR) is 132 cm³/mol. The number of aryl methyl sites for hydroxylation is 1. The Labute approximate surface area is 188 Å². The molecule has 0 bridgehead atoms. The summed E-state index contributed by atoms with van der Waals surface area (Å²) in [5, 5.41) is 0. The number of hydrogen-bond acceptors (Lipinski definition) is 3. The van der Waals surface area contributed by atoms with Gasteiger partial charge in [0.05, 0.1) is 17.1 Å². The summed E-state index contributed by atoms with van der Waals surface area (Å²) in [6.07, 6.45) is 0. The van der Waals surface area contributed by atoms with Crippen LogP contribution < -0.4 is 4.31 Å². The van der Waals surface area contributed by atoms with Gasteiger partial charge in [0.25, 0.3) is 0 Å². The van der Waals surface area contributed by atoms with Gasteiger partial charge in [0, 0.05) is 10.5 Å². The van der Waals surface area contributed by atoms with Crippen molar-refractivity contribution in [2.24, 2.45) is 4.99 Å². The molecule has 1 atom stereocenters. The molecule has 1 aliphatic rings. The van der Waals surface area contributed by atoms with E-state index in [-0.39, 0.29) is 0 Å². The minimum Gasteiger partial charge on any atom is -0.295 e. The fourth-order valence-electron chi connectivity index (χ4n) is 4.11. The van der Waals surface area contributed by atoms with E-state index < -0.39 is 5.54 Å². The molecule has 1 heterocycles. The molecular weight excluding hydrogens is 396 g/mol. The van der Waals surface area contributed by atoms with Crippen molar-refractivity contribution in [3.05, 3.63) is 126 Å². The summed E-state index contributed by atoms with van der Waals surface area (Å²) in [6, 6.07) is 38.3. The molecule has 0 aromatic heterocycles. The van der Waals surface area contributed by atoms with Gasteiger partial charge in [0.2, 0.25) is 0 Å². The van der Waals surface area contributed by atoms with Crippen molar-refractivity contribution < 1.29 is 0 Å². The van der Waals surface area contributed by atoms with Crippen molar-refractivity contribution in [2.45, 2.75) is 24.3 Å². The first-order valence-corrected chi connectivity index (χ1v) is 11.3. The third-order valence-corrected chi connectivity index (χ3v) is 7.02. The Morgan fingerprint density at radius 3 is 2.03 bits per heavy atom. The summed E-state index contributed by atoms with van der Waals surface area (Å²) in [6.45, 7) is 4.41. The average Bonchev–Trinajstić information content (AvgIpc) is 3.05. The summed E-state index contributed by atoms with van der Waals surface area (Å²) in [5.41, 5.74) is 6.48. The molecule has 0 N–H and O–H groups in total. The summed E-state index contributed by atoms with van der Waals surface area (Å²) >= 11 is 1.77. The van der Waals surface area contributed by atoms with E-state index in [1.165, 1.54) is 27.3 Å². The molecule has 5 rings (SSSR count). The maximum atomic E-state index is 5.20. The molecule has 0 amide bonds. The predicted octanol–water partition coefficient (Wildman–Crippen LogP) is 7.56. The molecule has 4 aromatic carbocycles. The second kappa shape index (κ2) is 8.09. The third kappa shape index (κ3) is 3.55. The molecule has 0 aliphatic carbocycles. The van der Waals surface area contributed by atoms with Gasteiger partial charge in [0.15, 0.2) is 0 Å². The van der Waals surface area contributed by atoms with Crippen LogP contribution in [-0.4, -0.2) is 5.71 Å². The summed E-state index contributed by atoms with van der Waals surface area (Å²) in [5.74, 6) is 0. The van der Waals surface area contributed by atoms with Gasteiger partial charge in [-0.25, -0.2) is 4.99 Å². The molecule has 3 heteroatoms. The van der Waals surface area contributed by atoms with Gasteiger partial charge in [-0.2, -0.15) is 0 Å². The third-order valence-electron chi connectivity index (χ3n) is 5.80. The maximum absolute atomic E-state index is 5.20. The van der Waals surface area contributed by atoms with Crippen molar-refractivity contribution >= 4 is 29.0 Å². The van der Waals surface area contributed by atoms with Crippen LogP contribution in [0.25, 0.3) is 0 Å². The van der Waals surface area contributed by atoms with E-state index in [1.807, 2.05) is 18.2 Å². The standard InChI is InChI=1S/C28H24N2S/c1-21-17-19-24(20-18-21)31-30-26-16-10-9-15-25(26)27(29-23-13-7-4-8-14-23)28(30,2)22-11-5-3-6-12-22/h3-20H,1-2H3. The molecule has 1 unspecified atom stereocenters. The molecular formula is C28H24N2S. The van der Waals surface area contributed by atoms with E-state index in [9.17, 15) is 0 Å². The Balaban J connectivity index is 1.72. The zero-order chi connectivity index (χ0) is 21.3. The first-order valence-electron chi connectivity index (χ1n) is 10.5. The first-order chi connectivity index (χ1) is 15.2. The number of benzene rings is 4. The SMILES string of the molecule is Cc1ccc(SN2c3ccccc3C(=Nc3ccccc3)C2(C)c2ccccc2)cc1. The van der Waals surface area contributed by atoms with Crippen LogP contribution in [0.4, 0.5) is 11.4 Å². The summed E-state index contributed by atoms with van der Waals surface area (Å²) in [4.78, 5) is 6.41. The lowest BCUT2D eigenvalue weighted by atomic mass is 9.87. The Morgan fingerprint density at radius 2 is 1.32 bits per heavy atom. The zero-order valence-electron chi connectivity index (χ0n) is 17.7.